The molecule has 0 amide bonds. The van der Waals surface area contributed by atoms with Crippen LogP contribution in [0, 0.1) is 0 Å². The summed E-state index contributed by atoms with van der Waals surface area (Å²) in [7, 11) is 0. The third-order valence-corrected chi connectivity index (χ3v) is 9.53. The average molecular weight is 538 g/mol. The Labute approximate surface area is 240 Å². The van der Waals surface area contributed by atoms with Crippen LogP contribution in [0.5, 0.6) is 0 Å². The third kappa shape index (κ3) is 3.51. The summed E-state index contributed by atoms with van der Waals surface area (Å²) in [4.78, 5) is 5.41. The molecule has 0 aliphatic carbocycles. The van der Waals surface area contributed by atoms with Gasteiger partial charge in [-0.2, -0.15) is 0 Å². The van der Waals surface area contributed by atoms with Crippen molar-refractivity contribution in [1.29, 1.82) is 0 Å². The van der Waals surface area contributed by atoms with Gasteiger partial charge in [0, 0.05) is 30.9 Å². The number of hydrogen-bond donors (Lipinski definition) is 0. The molecule has 0 spiro atoms. The van der Waals surface area contributed by atoms with Gasteiger partial charge in [0.05, 0.1) is 11.0 Å². The Hall–Kier alpha value is -5.05. The van der Waals surface area contributed by atoms with E-state index in [1.165, 1.54) is 69.0 Å². The van der Waals surface area contributed by atoms with Gasteiger partial charge in [-0.3, -0.25) is 0 Å². The lowest BCUT2D eigenvalue weighted by Gasteiger charge is -2.09. The number of hydrogen-bond acceptors (Lipinski definition) is 2. The van der Waals surface area contributed by atoms with Crippen molar-refractivity contribution in [2.45, 2.75) is 0 Å². The predicted octanol–water partition coefficient (Wildman–Crippen LogP) is 11.4. The summed E-state index contributed by atoms with van der Waals surface area (Å²) in [6.07, 6.45) is 0. The van der Waals surface area contributed by atoms with Gasteiger partial charge in [0.25, 0.3) is 0 Å². The number of fused-ring (bicyclic) bond motifs is 10. The van der Waals surface area contributed by atoms with E-state index in [4.69, 9.17) is 4.98 Å². The summed E-state index contributed by atoms with van der Waals surface area (Å²) in [5.74, 6) is 0. The van der Waals surface area contributed by atoms with Gasteiger partial charge in [-0.25, -0.2) is 4.98 Å². The molecular formula is C39H23NS. The molecule has 0 saturated heterocycles. The van der Waals surface area contributed by atoms with E-state index < -0.39 is 0 Å². The molecule has 0 radical (unpaired) electrons. The first-order valence-electron chi connectivity index (χ1n) is 14.0. The fourth-order valence-corrected chi connectivity index (χ4v) is 7.57. The van der Waals surface area contributed by atoms with E-state index in [0.29, 0.717) is 0 Å². The fourth-order valence-electron chi connectivity index (χ4n) is 6.45. The number of pyridine rings is 1. The monoisotopic (exact) mass is 537 g/mol. The van der Waals surface area contributed by atoms with Crippen LogP contribution >= 0.6 is 11.3 Å². The van der Waals surface area contributed by atoms with Crippen LogP contribution < -0.4 is 0 Å². The Balaban J connectivity index is 1.63. The molecule has 1 nitrogen and oxygen atoms in total. The summed E-state index contributed by atoms with van der Waals surface area (Å²) < 4.78 is 2.59. The first kappa shape index (κ1) is 22.7. The lowest BCUT2D eigenvalue weighted by molar-refractivity contribution is 1.50. The number of nitrogens with zero attached hydrogens (tertiary/aromatic N) is 1. The van der Waals surface area contributed by atoms with Crippen LogP contribution in [-0.2, 0) is 0 Å². The predicted molar refractivity (Wildman–Crippen MR) is 179 cm³/mol. The quantitative estimate of drug-likeness (QED) is 0.203. The normalized spacial score (nSPS) is 11.9. The molecule has 3 heterocycles. The minimum absolute atomic E-state index is 0.990. The minimum Gasteiger partial charge on any atom is -0.248 e. The van der Waals surface area contributed by atoms with E-state index in [9.17, 15) is 0 Å². The molecular weight excluding hydrogens is 515 g/mol. The summed E-state index contributed by atoms with van der Waals surface area (Å²) >= 11 is 1.86. The van der Waals surface area contributed by atoms with Crippen LogP contribution in [0.15, 0.2) is 140 Å². The molecule has 41 heavy (non-hydrogen) atoms. The molecule has 0 atom stereocenters. The molecule has 0 aliphatic heterocycles. The molecule has 3 aromatic heterocycles. The highest BCUT2D eigenvalue weighted by Gasteiger charge is 2.12. The molecule has 9 rings (SSSR count). The maximum absolute atomic E-state index is 5.41. The molecule has 0 unspecified atom stereocenters. The van der Waals surface area contributed by atoms with Gasteiger partial charge in [0.1, 0.15) is 0 Å². The van der Waals surface area contributed by atoms with Gasteiger partial charge in [-0.05, 0) is 85.9 Å². The van der Waals surface area contributed by atoms with Crippen molar-refractivity contribution in [1.82, 2.24) is 4.98 Å². The minimum atomic E-state index is 0.990. The van der Waals surface area contributed by atoms with Gasteiger partial charge < -0.3 is 0 Å². The van der Waals surface area contributed by atoms with Gasteiger partial charge in [-0.1, -0.05) is 97.1 Å². The third-order valence-electron chi connectivity index (χ3n) is 8.39. The van der Waals surface area contributed by atoms with E-state index in [0.717, 1.165) is 16.4 Å². The fraction of sp³-hybridized carbons (Fsp3) is 0. The van der Waals surface area contributed by atoms with Crippen LogP contribution in [0.4, 0.5) is 0 Å². The zero-order valence-corrected chi connectivity index (χ0v) is 23.0. The maximum Gasteiger partial charge on any atom is 0.0722 e. The Bertz CT molecular complexity index is 2520. The molecule has 9 aromatic rings. The van der Waals surface area contributed by atoms with E-state index in [1.54, 1.807) is 0 Å². The number of rotatable bonds is 1. The Morgan fingerprint density at radius 2 is 1.02 bits per heavy atom. The highest BCUT2D eigenvalue weighted by atomic mass is 32.1. The zero-order valence-electron chi connectivity index (χ0n) is 22.1. The van der Waals surface area contributed by atoms with Crippen molar-refractivity contribution in [3.05, 3.63) is 140 Å². The first-order valence-corrected chi connectivity index (χ1v) is 14.8. The van der Waals surface area contributed by atoms with Gasteiger partial charge in [-0.15, -0.1) is 11.3 Å². The second kappa shape index (κ2) is 8.72. The standard InChI is InChI=1S/C39H23NS/c1-2-9-24(10-3-1)28-22-35-30-14-7-6-13-29(30)33-20-26-12-5-4-11-25(26)19-32(33)27-17-18-37-34(21-27)39-31(36(23-28)40-35)15-8-16-38(39)41-37/h1-23H. The first-order chi connectivity index (χ1) is 20.3. The number of aromatic nitrogens is 1. The Morgan fingerprint density at radius 3 is 1.85 bits per heavy atom. The molecule has 0 aliphatic rings. The number of benzene rings is 6. The summed E-state index contributed by atoms with van der Waals surface area (Å²) in [6.45, 7) is 0. The summed E-state index contributed by atoms with van der Waals surface area (Å²) in [6, 6.07) is 51.0. The maximum atomic E-state index is 5.41. The SMILES string of the molecule is c1ccc(-c2cc3nc(c2)c2cccc4sc5ccc(cc5c42)c2cc4ccccc4cc2c2ccccc32)cc1. The van der Waals surface area contributed by atoms with Crippen molar-refractivity contribution in [2.75, 3.05) is 0 Å². The molecule has 190 valence electrons. The van der Waals surface area contributed by atoms with E-state index in [1.807, 2.05) is 11.3 Å². The van der Waals surface area contributed by atoms with Gasteiger partial charge >= 0.3 is 0 Å². The van der Waals surface area contributed by atoms with E-state index in [2.05, 4.69) is 140 Å². The molecule has 6 aromatic carbocycles. The highest BCUT2D eigenvalue weighted by molar-refractivity contribution is 7.26. The Morgan fingerprint density at radius 1 is 0.366 bits per heavy atom. The van der Waals surface area contributed by atoms with Crippen LogP contribution in [-0.4, -0.2) is 4.98 Å². The van der Waals surface area contributed by atoms with Crippen LogP contribution in [0.3, 0.4) is 0 Å². The molecule has 4 bridgehead atoms. The molecule has 2 heteroatoms. The van der Waals surface area contributed by atoms with E-state index in [-0.39, 0.29) is 0 Å². The lowest BCUT2D eigenvalue weighted by atomic mass is 9.96. The Kier molecular flexibility index (Phi) is 4.84. The van der Waals surface area contributed by atoms with Gasteiger partial charge in [0.15, 0.2) is 0 Å². The van der Waals surface area contributed by atoms with Crippen LogP contribution in [0.1, 0.15) is 0 Å². The lowest BCUT2D eigenvalue weighted by Crippen LogP contribution is -1.86. The highest BCUT2D eigenvalue weighted by Crippen LogP contribution is 2.41. The topological polar surface area (TPSA) is 12.9 Å². The van der Waals surface area contributed by atoms with Crippen LogP contribution in [0.2, 0.25) is 0 Å². The second-order valence-electron chi connectivity index (χ2n) is 10.8. The molecule has 0 saturated carbocycles. The molecule has 0 N–H and O–H groups in total. The smallest absolute Gasteiger partial charge is 0.0722 e. The zero-order chi connectivity index (χ0) is 26.9. The summed E-state index contributed by atoms with van der Waals surface area (Å²) in [5.41, 5.74) is 4.36. The molecule has 0 fully saturated rings. The van der Waals surface area contributed by atoms with Crippen molar-refractivity contribution < 1.29 is 0 Å². The summed E-state index contributed by atoms with van der Waals surface area (Å²) in [5, 5.41) is 12.3. The second-order valence-corrected chi connectivity index (χ2v) is 11.9. The van der Waals surface area contributed by atoms with Gasteiger partial charge in [0.2, 0.25) is 0 Å². The average Bonchev–Trinajstić information content (AvgIpc) is 3.42. The van der Waals surface area contributed by atoms with Crippen molar-refractivity contribution in [2.24, 2.45) is 0 Å². The van der Waals surface area contributed by atoms with Crippen molar-refractivity contribution in [3.8, 4) is 11.1 Å². The number of thiophene rings is 1. The van der Waals surface area contributed by atoms with Crippen molar-refractivity contribution in [3.63, 3.8) is 0 Å². The van der Waals surface area contributed by atoms with Crippen LogP contribution in [0.25, 0.3) is 85.4 Å². The van der Waals surface area contributed by atoms with E-state index >= 15 is 0 Å². The van der Waals surface area contributed by atoms with Crippen molar-refractivity contribution >= 4 is 85.6 Å². The largest absolute Gasteiger partial charge is 0.248 e.